The van der Waals surface area contributed by atoms with Crippen LogP contribution in [0.15, 0.2) is 21.3 Å². The molecule has 0 fully saturated rings. The van der Waals surface area contributed by atoms with Crippen molar-refractivity contribution >= 4 is 15.9 Å². The van der Waals surface area contributed by atoms with Gasteiger partial charge in [0, 0.05) is 7.05 Å². The van der Waals surface area contributed by atoms with Crippen LogP contribution in [0.3, 0.4) is 0 Å². The normalized spacial score (nSPS) is 14.5. The van der Waals surface area contributed by atoms with Crippen molar-refractivity contribution in [2.24, 2.45) is 0 Å². The summed E-state index contributed by atoms with van der Waals surface area (Å²) < 4.78 is 1.11. The molecule has 0 heterocycles. The van der Waals surface area contributed by atoms with E-state index in [1.807, 2.05) is 7.05 Å². The predicted octanol–water partition coefficient (Wildman–Crippen LogP) is 4.75. The molecule has 88 valence electrons. The highest BCUT2D eigenvalue weighted by molar-refractivity contribution is 9.11. The number of unbranched alkanes of at least 4 members (excludes halogenated alkanes) is 1. The van der Waals surface area contributed by atoms with Gasteiger partial charge in [-0.2, -0.15) is 0 Å². The molecule has 1 N–H and O–H groups in total. The minimum atomic E-state index is 1.11. The van der Waals surface area contributed by atoms with Crippen LogP contribution in [0, 0.1) is 0 Å². The predicted molar refractivity (Wildman–Crippen MR) is 73.2 cm³/mol. The van der Waals surface area contributed by atoms with Crippen LogP contribution in [0.5, 0.6) is 0 Å². The van der Waals surface area contributed by atoms with E-state index in [1.54, 1.807) is 0 Å². The largest absolute Gasteiger partial charge is 0.382 e. The Balaban J connectivity index is 4.87. The molecule has 0 aromatic heterocycles. The maximum absolute atomic E-state index is 3.55. The fraction of sp³-hybridized carbons (Fsp3) is 0.692. The molecule has 0 aliphatic heterocycles. The van der Waals surface area contributed by atoms with E-state index in [2.05, 4.69) is 48.9 Å². The summed E-state index contributed by atoms with van der Waals surface area (Å²) in [6.07, 6.45) is 4.89. The molecule has 0 aliphatic carbocycles. The zero-order valence-corrected chi connectivity index (χ0v) is 12.3. The zero-order chi connectivity index (χ0) is 11.8. The first-order valence-corrected chi connectivity index (χ1v) is 6.60. The zero-order valence-electron chi connectivity index (χ0n) is 10.7. The highest BCUT2D eigenvalue weighted by atomic mass is 79.9. The second-order valence-corrected chi connectivity index (χ2v) is 4.70. The number of hydrogen-bond acceptors (Lipinski definition) is 1. The topological polar surface area (TPSA) is 12.0 Å². The van der Waals surface area contributed by atoms with Gasteiger partial charge in [-0.3, -0.25) is 0 Å². The first kappa shape index (κ1) is 14.8. The third-order valence-corrected chi connectivity index (χ3v) is 3.77. The van der Waals surface area contributed by atoms with Crippen molar-refractivity contribution in [3.05, 3.63) is 21.3 Å². The Morgan fingerprint density at radius 2 is 1.80 bits per heavy atom. The second-order valence-electron chi connectivity index (χ2n) is 3.90. The van der Waals surface area contributed by atoms with Gasteiger partial charge in [0.25, 0.3) is 0 Å². The lowest BCUT2D eigenvalue weighted by Gasteiger charge is -2.13. The van der Waals surface area contributed by atoms with Gasteiger partial charge in [-0.05, 0) is 60.2 Å². The molecule has 0 rings (SSSR count). The van der Waals surface area contributed by atoms with Gasteiger partial charge in [0.1, 0.15) is 0 Å². The monoisotopic (exact) mass is 273 g/mol. The molecule has 2 heteroatoms. The van der Waals surface area contributed by atoms with E-state index in [0.717, 1.165) is 11.0 Å². The van der Waals surface area contributed by atoms with Crippen LogP contribution in [0.1, 0.15) is 53.4 Å². The molecule has 0 radical (unpaired) electrons. The van der Waals surface area contributed by atoms with Crippen LogP contribution >= 0.6 is 15.9 Å². The van der Waals surface area contributed by atoms with E-state index in [4.69, 9.17) is 0 Å². The van der Waals surface area contributed by atoms with Crippen molar-refractivity contribution in [2.45, 2.75) is 53.4 Å². The summed E-state index contributed by atoms with van der Waals surface area (Å²) >= 11 is 3.55. The van der Waals surface area contributed by atoms with E-state index in [-0.39, 0.29) is 0 Å². The first-order chi connectivity index (χ1) is 7.08. The molecule has 0 saturated heterocycles. The summed E-state index contributed by atoms with van der Waals surface area (Å²) in [5.41, 5.74) is 4.36. The molecule has 15 heavy (non-hydrogen) atoms. The lowest BCUT2D eigenvalue weighted by molar-refractivity contribution is 0.776. The summed E-state index contributed by atoms with van der Waals surface area (Å²) in [6, 6.07) is 0. The fourth-order valence-electron chi connectivity index (χ4n) is 1.80. The summed E-state index contributed by atoms with van der Waals surface area (Å²) in [7, 11) is 1.95. The van der Waals surface area contributed by atoms with Gasteiger partial charge < -0.3 is 5.32 Å². The van der Waals surface area contributed by atoms with Crippen LogP contribution < -0.4 is 5.32 Å². The lowest BCUT2D eigenvalue weighted by atomic mass is 9.97. The van der Waals surface area contributed by atoms with Gasteiger partial charge in [-0.1, -0.05) is 25.8 Å². The van der Waals surface area contributed by atoms with Gasteiger partial charge in [-0.15, -0.1) is 0 Å². The van der Waals surface area contributed by atoms with Crippen molar-refractivity contribution < 1.29 is 0 Å². The quantitative estimate of drug-likeness (QED) is 0.544. The number of nitrogens with one attached hydrogen (secondary N) is 1. The van der Waals surface area contributed by atoms with Crippen LogP contribution in [0.4, 0.5) is 0 Å². The molecule has 0 spiro atoms. The molecule has 0 aromatic carbocycles. The standard InChI is InChI=1S/C13H24BrN/c1-6-8-9-10(3)12(7-2)11(4)13(14)15-5/h15H,6-9H2,1-5H3/b12-10+,13-11-. The molecule has 0 saturated carbocycles. The Labute approximate surface area is 103 Å². The van der Waals surface area contributed by atoms with Gasteiger partial charge in [0.05, 0.1) is 4.61 Å². The van der Waals surface area contributed by atoms with Crippen molar-refractivity contribution in [3.63, 3.8) is 0 Å². The maximum atomic E-state index is 3.55. The van der Waals surface area contributed by atoms with Gasteiger partial charge in [0.2, 0.25) is 0 Å². The van der Waals surface area contributed by atoms with Crippen molar-refractivity contribution in [2.75, 3.05) is 7.05 Å². The third-order valence-electron chi connectivity index (χ3n) is 2.78. The fourth-order valence-corrected chi connectivity index (χ4v) is 2.04. The van der Waals surface area contributed by atoms with Crippen LogP contribution in [0.2, 0.25) is 0 Å². The highest BCUT2D eigenvalue weighted by Crippen LogP contribution is 2.25. The number of allylic oxidation sites excluding steroid dienone is 3. The molecule has 0 aromatic rings. The van der Waals surface area contributed by atoms with Gasteiger partial charge >= 0.3 is 0 Å². The van der Waals surface area contributed by atoms with Crippen molar-refractivity contribution in [1.82, 2.24) is 5.32 Å². The summed E-state index contributed by atoms with van der Waals surface area (Å²) in [4.78, 5) is 0. The number of halogens is 1. The molecule has 0 atom stereocenters. The maximum Gasteiger partial charge on any atom is 0.0809 e. The lowest BCUT2D eigenvalue weighted by Crippen LogP contribution is -2.04. The van der Waals surface area contributed by atoms with Crippen LogP contribution in [-0.4, -0.2) is 7.05 Å². The minimum absolute atomic E-state index is 1.11. The average Bonchev–Trinajstić information content (AvgIpc) is 2.25. The van der Waals surface area contributed by atoms with E-state index in [1.165, 1.54) is 36.0 Å². The van der Waals surface area contributed by atoms with Crippen molar-refractivity contribution in [3.8, 4) is 0 Å². The number of hydrogen-bond donors (Lipinski definition) is 1. The molecule has 1 nitrogen and oxygen atoms in total. The molecular weight excluding hydrogens is 250 g/mol. The van der Waals surface area contributed by atoms with Gasteiger partial charge in [0.15, 0.2) is 0 Å². The first-order valence-electron chi connectivity index (χ1n) is 5.81. The molecule has 0 aliphatic rings. The summed E-state index contributed by atoms with van der Waals surface area (Å²) in [5, 5.41) is 3.15. The Bertz CT molecular complexity index is 251. The Hall–Kier alpha value is -0.240. The highest BCUT2D eigenvalue weighted by Gasteiger charge is 2.06. The smallest absolute Gasteiger partial charge is 0.0809 e. The van der Waals surface area contributed by atoms with E-state index in [0.29, 0.717) is 0 Å². The molecule has 0 unspecified atom stereocenters. The Morgan fingerprint density at radius 3 is 2.20 bits per heavy atom. The Morgan fingerprint density at radius 1 is 1.20 bits per heavy atom. The van der Waals surface area contributed by atoms with Gasteiger partial charge in [-0.25, -0.2) is 0 Å². The van der Waals surface area contributed by atoms with Crippen LogP contribution in [0.25, 0.3) is 0 Å². The van der Waals surface area contributed by atoms with Crippen LogP contribution in [-0.2, 0) is 0 Å². The third kappa shape index (κ3) is 4.87. The molecular formula is C13H24BrN. The second kappa shape index (κ2) is 7.98. The summed E-state index contributed by atoms with van der Waals surface area (Å²) in [5.74, 6) is 0. The molecule has 0 amide bonds. The average molecular weight is 274 g/mol. The van der Waals surface area contributed by atoms with E-state index >= 15 is 0 Å². The molecule has 0 bridgehead atoms. The van der Waals surface area contributed by atoms with Crippen molar-refractivity contribution in [1.29, 1.82) is 0 Å². The SMILES string of the molecule is CCCC/C(C)=C(CC)/C(C)=C(/Br)NC. The Kier molecular flexibility index (Phi) is 7.85. The van der Waals surface area contributed by atoms with E-state index < -0.39 is 0 Å². The minimum Gasteiger partial charge on any atom is -0.382 e. The summed E-state index contributed by atoms with van der Waals surface area (Å²) in [6.45, 7) is 8.90. The number of rotatable bonds is 6. The van der Waals surface area contributed by atoms with E-state index in [9.17, 15) is 0 Å².